The summed E-state index contributed by atoms with van der Waals surface area (Å²) in [7, 11) is 0. The van der Waals surface area contributed by atoms with E-state index in [0.29, 0.717) is 39.1 Å². The van der Waals surface area contributed by atoms with E-state index in [0.717, 1.165) is 6.42 Å². The predicted octanol–water partition coefficient (Wildman–Crippen LogP) is -0.275. The molecule has 0 spiro atoms. The molecule has 0 atom stereocenters. The molecule has 0 aromatic rings. The van der Waals surface area contributed by atoms with Crippen LogP contribution in [0.5, 0.6) is 0 Å². The van der Waals surface area contributed by atoms with Crippen LogP contribution < -0.4 is 5.73 Å². The van der Waals surface area contributed by atoms with Gasteiger partial charge in [0.25, 0.3) is 0 Å². The van der Waals surface area contributed by atoms with Crippen LogP contribution in [0.3, 0.4) is 0 Å². The van der Waals surface area contributed by atoms with Gasteiger partial charge in [0.2, 0.25) is 5.91 Å². The molecule has 0 aliphatic carbocycles. The smallest absolute Gasteiger partial charge is 0.242 e. The molecule has 5 heteroatoms. The van der Waals surface area contributed by atoms with Gasteiger partial charge in [-0.2, -0.15) is 0 Å². The maximum Gasteiger partial charge on any atom is 0.242 e. The standard InChI is InChI=1S/C11H22N2O3/c1-2-5-13(6-7-14)10(15)11(12)3-8-16-9-4-11/h14H,2-9,12H2,1H3. The minimum absolute atomic E-state index is 0.0156. The van der Waals surface area contributed by atoms with Crippen molar-refractivity contribution < 1.29 is 14.6 Å². The van der Waals surface area contributed by atoms with Gasteiger partial charge >= 0.3 is 0 Å². The molecule has 0 radical (unpaired) electrons. The molecule has 1 amide bonds. The minimum atomic E-state index is -0.789. The Kier molecular flexibility index (Phi) is 5.18. The number of hydrogen-bond acceptors (Lipinski definition) is 4. The highest BCUT2D eigenvalue weighted by Crippen LogP contribution is 2.20. The summed E-state index contributed by atoms with van der Waals surface area (Å²) in [5.74, 6) is -0.0494. The molecule has 5 nitrogen and oxygen atoms in total. The maximum atomic E-state index is 12.2. The van der Waals surface area contributed by atoms with Gasteiger partial charge in [0, 0.05) is 26.3 Å². The highest BCUT2D eigenvalue weighted by Gasteiger charge is 2.38. The van der Waals surface area contributed by atoms with Gasteiger partial charge in [0.1, 0.15) is 0 Å². The summed E-state index contributed by atoms with van der Waals surface area (Å²) in [6.45, 7) is 4.09. The molecule has 94 valence electrons. The van der Waals surface area contributed by atoms with E-state index in [1.165, 1.54) is 0 Å². The van der Waals surface area contributed by atoms with E-state index in [-0.39, 0.29) is 12.5 Å². The van der Waals surface area contributed by atoms with Crippen molar-refractivity contribution in [2.75, 3.05) is 32.9 Å². The second-order valence-corrected chi connectivity index (χ2v) is 4.28. The van der Waals surface area contributed by atoms with Crippen molar-refractivity contribution in [2.45, 2.75) is 31.7 Å². The predicted molar refractivity (Wildman–Crippen MR) is 60.9 cm³/mol. The normalized spacial score (nSPS) is 19.4. The molecule has 1 heterocycles. The summed E-state index contributed by atoms with van der Waals surface area (Å²) in [4.78, 5) is 13.9. The van der Waals surface area contributed by atoms with E-state index in [9.17, 15) is 4.79 Å². The lowest BCUT2D eigenvalue weighted by Crippen LogP contribution is -2.58. The number of aliphatic hydroxyl groups is 1. The molecular weight excluding hydrogens is 208 g/mol. The Labute approximate surface area is 96.6 Å². The van der Waals surface area contributed by atoms with Crippen LogP contribution in [0.2, 0.25) is 0 Å². The number of amides is 1. The summed E-state index contributed by atoms with van der Waals surface area (Å²) in [5.41, 5.74) is 5.32. The molecule has 1 saturated heterocycles. The summed E-state index contributed by atoms with van der Waals surface area (Å²) in [5, 5.41) is 8.94. The Morgan fingerprint density at radius 2 is 2.06 bits per heavy atom. The van der Waals surface area contributed by atoms with Gasteiger partial charge in [-0.15, -0.1) is 0 Å². The number of hydrogen-bond donors (Lipinski definition) is 2. The maximum absolute atomic E-state index is 12.2. The lowest BCUT2D eigenvalue weighted by atomic mass is 9.89. The summed E-state index contributed by atoms with van der Waals surface area (Å²) in [6.07, 6.45) is 2.01. The first-order valence-corrected chi connectivity index (χ1v) is 5.91. The quantitative estimate of drug-likeness (QED) is 0.681. The average Bonchev–Trinajstić information content (AvgIpc) is 2.29. The van der Waals surface area contributed by atoms with Crippen molar-refractivity contribution in [3.63, 3.8) is 0 Å². The fraction of sp³-hybridized carbons (Fsp3) is 0.909. The van der Waals surface area contributed by atoms with Crippen molar-refractivity contribution >= 4 is 5.91 Å². The molecule has 0 bridgehead atoms. The number of nitrogens with zero attached hydrogens (tertiary/aromatic N) is 1. The summed E-state index contributed by atoms with van der Waals surface area (Å²) < 4.78 is 5.21. The van der Waals surface area contributed by atoms with Crippen LogP contribution >= 0.6 is 0 Å². The lowest BCUT2D eigenvalue weighted by molar-refractivity contribution is -0.141. The molecule has 1 aliphatic rings. The van der Waals surface area contributed by atoms with Crippen LogP contribution in [-0.2, 0) is 9.53 Å². The van der Waals surface area contributed by atoms with Crippen molar-refractivity contribution in [3.05, 3.63) is 0 Å². The van der Waals surface area contributed by atoms with Crippen molar-refractivity contribution in [2.24, 2.45) is 5.73 Å². The number of nitrogens with two attached hydrogens (primary N) is 1. The molecule has 1 rings (SSSR count). The first kappa shape index (κ1) is 13.4. The van der Waals surface area contributed by atoms with Crippen LogP contribution in [0, 0.1) is 0 Å². The minimum Gasteiger partial charge on any atom is -0.395 e. The number of carbonyl (C=O) groups is 1. The molecule has 0 saturated carbocycles. The number of rotatable bonds is 5. The fourth-order valence-electron chi connectivity index (χ4n) is 1.97. The average molecular weight is 230 g/mol. The fourth-order valence-corrected chi connectivity index (χ4v) is 1.97. The molecule has 16 heavy (non-hydrogen) atoms. The van der Waals surface area contributed by atoms with Gasteiger partial charge in [-0.05, 0) is 19.3 Å². The Hall–Kier alpha value is -0.650. The van der Waals surface area contributed by atoms with Crippen LogP contribution in [0.15, 0.2) is 0 Å². The number of aliphatic hydroxyl groups excluding tert-OH is 1. The molecule has 1 aliphatic heterocycles. The zero-order valence-corrected chi connectivity index (χ0v) is 9.95. The molecule has 0 unspecified atom stereocenters. The van der Waals surface area contributed by atoms with E-state index in [1.54, 1.807) is 4.90 Å². The van der Waals surface area contributed by atoms with Gasteiger partial charge < -0.3 is 20.5 Å². The van der Waals surface area contributed by atoms with Crippen molar-refractivity contribution in [1.29, 1.82) is 0 Å². The molecule has 0 aromatic carbocycles. The van der Waals surface area contributed by atoms with Crippen molar-refractivity contribution in [1.82, 2.24) is 4.90 Å². The van der Waals surface area contributed by atoms with E-state index < -0.39 is 5.54 Å². The topological polar surface area (TPSA) is 75.8 Å². The van der Waals surface area contributed by atoms with E-state index in [1.807, 2.05) is 6.92 Å². The zero-order chi connectivity index (χ0) is 12.0. The highest BCUT2D eigenvalue weighted by atomic mass is 16.5. The monoisotopic (exact) mass is 230 g/mol. The highest BCUT2D eigenvalue weighted by molar-refractivity contribution is 5.86. The van der Waals surface area contributed by atoms with Gasteiger partial charge in [0.05, 0.1) is 12.1 Å². The van der Waals surface area contributed by atoms with Crippen LogP contribution in [0.1, 0.15) is 26.2 Å². The molecule has 1 fully saturated rings. The van der Waals surface area contributed by atoms with E-state index in [2.05, 4.69) is 0 Å². The largest absolute Gasteiger partial charge is 0.395 e. The number of ether oxygens (including phenoxy) is 1. The Morgan fingerprint density at radius 1 is 1.44 bits per heavy atom. The Bertz CT molecular complexity index is 221. The summed E-state index contributed by atoms with van der Waals surface area (Å²) >= 11 is 0. The van der Waals surface area contributed by atoms with Crippen LogP contribution in [0.25, 0.3) is 0 Å². The van der Waals surface area contributed by atoms with Gasteiger partial charge in [0.15, 0.2) is 0 Å². The Morgan fingerprint density at radius 3 is 2.56 bits per heavy atom. The van der Waals surface area contributed by atoms with Crippen molar-refractivity contribution in [3.8, 4) is 0 Å². The van der Waals surface area contributed by atoms with E-state index >= 15 is 0 Å². The Balaban J connectivity index is 2.63. The first-order chi connectivity index (χ1) is 7.64. The summed E-state index contributed by atoms with van der Waals surface area (Å²) in [6, 6.07) is 0. The molecular formula is C11H22N2O3. The third kappa shape index (κ3) is 3.17. The third-order valence-electron chi connectivity index (χ3n) is 2.96. The van der Waals surface area contributed by atoms with E-state index in [4.69, 9.17) is 15.6 Å². The lowest BCUT2D eigenvalue weighted by Gasteiger charge is -2.36. The van der Waals surface area contributed by atoms with Crippen LogP contribution in [-0.4, -0.2) is 54.4 Å². The third-order valence-corrected chi connectivity index (χ3v) is 2.96. The second kappa shape index (κ2) is 6.18. The van der Waals surface area contributed by atoms with Gasteiger partial charge in [-0.1, -0.05) is 6.92 Å². The SMILES string of the molecule is CCCN(CCO)C(=O)C1(N)CCOCC1. The molecule has 3 N–H and O–H groups in total. The van der Waals surface area contributed by atoms with Gasteiger partial charge in [-0.25, -0.2) is 0 Å². The van der Waals surface area contributed by atoms with Crippen LogP contribution in [0.4, 0.5) is 0 Å². The second-order valence-electron chi connectivity index (χ2n) is 4.28. The molecule has 0 aromatic heterocycles. The first-order valence-electron chi connectivity index (χ1n) is 5.91. The zero-order valence-electron chi connectivity index (χ0n) is 9.95. The van der Waals surface area contributed by atoms with Gasteiger partial charge in [-0.3, -0.25) is 4.79 Å². The number of carbonyl (C=O) groups excluding carboxylic acids is 1.